The summed E-state index contributed by atoms with van der Waals surface area (Å²) in [5.74, 6) is 0.451. The fraction of sp³-hybridized carbons (Fsp3) is 0.500. The molecule has 1 aromatic rings. The van der Waals surface area contributed by atoms with Crippen molar-refractivity contribution in [1.82, 2.24) is 5.32 Å². The van der Waals surface area contributed by atoms with Crippen molar-refractivity contribution in [3.05, 3.63) is 35.6 Å². The van der Waals surface area contributed by atoms with E-state index in [1.807, 2.05) is 6.07 Å². The molecule has 14 heavy (non-hydrogen) atoms. The highest BCUT2D eigenvalue weighted by Gasteiger charge is 2.05. The van der Waals surface area contributed by atoms with E-state index in [0.717, 1.165) is 12.1 Å². The van der Waals surface area contributed by atoms with Gasteiger partial charge in [0.05, 0.1) is 0 Å². The van der Waals surface area contributed by atoms with E-state index in [2.05, 4.69) is 26.1 Å². The van der Waals surface area contributed by atoms with Gasteiger partial charge in [-0.2, -0.15) is 0 Å². The molecule has 0 aliphatic rings. The molecule has 0 radical (unpaired) electrons. The molecule has 0 saturated carbocycles. The molecule has 0 aromatic heterocycles. The molecule has 1 aromatic carbocycles. The maximum atomic E-state index is 12.9. The van der Waals surface area contributed by atoms with Gasteiger partial charge in [0.15, 0.2) is 0 Å². The Morgan fingerprint density at radius 2 is 2.00 bits per heavy atom. The fourth-order valence-corrected chi connectivity index (χ4v) is 1.31. The lowest BCUT2D eigenvalue weighted by atomic mass is 10.1. The lowest BCUT2D eigenvalue weighted by Crippen LogP contribution is -2.23. The number of hydrogen-bond donors (Lipinski definition) is 1. The average Bonchev–Trinajstić information content (AvgIpc) is 2.14. The van der Waals surface area contributed by atoms with E-state index in [1.54, 1.807) is 12.1 Å². The summed E-state index contributed by atoms with van der Waals surface area (Å²) in [6.45, 7) is 7.32. The first kappa shape index (κ1) is 11.2. The van der Waals surface area contributed by atoms with Gasteiger partial charge in [-0.1, -0.05) is 26.0 Å². The quantitative estimate of drug-likeness (QED) is 0.778. The summed E-state index contributed by atoms with van der Waals surface area (Å²) in [6.07, 6.45) is 0. The van der Waals surface area contributed by atoms with Crippen LogP contribution in [-0.4, -0.2) is 6.54 Å². The van der Waals surface area contributed by atoms with E-state index in [9.17, 15) is 4.39 Å². The third-order valence-electron chi connectivity index (χ3n) is 2.18. The summed E-state index contributed by atoms with van der Waals surface area (Å²) >= 11 is 0. The standard InChI is InChI=1S/C12H18FN/c1-9(2)8-14-10(3)11-5-4-6-12(13)7-11/h4-7,9-10,14H,8H2,1-3H3/t10-/m0/s1. The molecule has 78 valence electrons. The van der Waals surface area contributed by atoms with E-state index in [1.165, 1.54) is 6.07 Å². The van der Waals surface area contributed by atoms with Crippen molar-refractivity contribution in [2.24, 2.45) is 5.92 Å². The highest BCUT2D eigenvalue weighted by Crippen LogP contribution is 2.13. The van der Waals surface area contributed by atoms with Gasteiger partial charge in [0.1, 0.15) is 5.82 Å². The largest absolute Gasteiger partial charge is 0.310 e. The summed E-state index contributed by atoms with van der Waals surface area (Å²) in [5, 5.41) is 3.36. The Balaban J connectivity index is 2.56. The maximum Gasteiger partial charge on any atom is 0.123 e. The van der Waals surface area contributed by atoms with Crippen LogP contribution in [0.2, 0.25) is 0 Å². The SMILES string of the molecule is CC(C)CN[C@@H](C)c1cccc(F)c1. The van der Waals surface area contributed by atoms with Crippen molar-refractivity contribution >= 4 is 0 Å². The van der Waals surface area contributed by atoms with Crippen LogP contribution in [0.3, 0.4) is 0 Å². The van der Waals surface area contributed by atoms with Crippen molar-refractivity contribution in [3.63, 3.8) is 0 Å². The van der Waals surface area contributed by atoms with E-state index in [4.69, 9.17) is 0 Å². The molecular weight excluding hydrogens is 177 g/mol. The van der Waals surface area contributed by atoms with Crippen molar-refractivity contribution in [1.29, 1.82) is 0 Å². The third-order valence-corrected chi connectivity index (χ3v) is 2.18. The van der Waals surface area contributed by atoms with E-state index < -0.39 is 0 Å². The van der Waals surface area contributed by atoms with E-state index in [-0.39, 0.29) is 11.9 Å². The highest BCUT2D eigenvalue weighted by molar-refractivity contribution is 5.19. The minimum atomic E-state index is -0.166. The summed E-state index contributed by atoms with van der Waals surface area (Å²) < 4.78 is 12.9. The van der Waals surface area contributed by atoms with Crippen LogP contribution in [0.5, 0.6) is 0 Å². The van der Waals surface area contributed by atoms with Crippen molar-refractivity contribution in [3.8, 4) is 0 Å². The first-order chi connectivity index (χ1) is 6.59. The highest BCUT2D eigenvalue weighted by atomic mass is 19.1. The van der Waals surface area contributed by atoms with Crippen LogP contribution in [0, 0.1) is 11.7 Å². The molecule has 0 aliphatic heterocycles. The Morgan fingerprint density at radius 3 is 2.57 bits per heavy atom. The van der Waals surface area contributed by atoms with Crippen molar-refractivity contribution in [2.75, 3.05) is 6.54 Å². The van der Waals surface area contributed by atoms with Gasteiger partial charge >= 0.3 is 0 Å². The molecule has 0 bridgehead atoms. The minimum absolute atomic E-state index is 0.166. The Kier molecular flexibility index (Phi) is 4.08. The average molecular weight is 195 g/mol. The number of hydrogen-bond acceptors (Lipinski definition) is 1. The fourth-order valence-electron chi connectivity index (χ4n) is 1.31. The van der Waals surface area contributed by atoms with Crippen LogP contribution in [0.15, 0.2) is 24.3 Å². The predicted molar refractivity (Wildman–Crippen MR) is 57.7 cm³/mol. The maximum absolute atomic E-state index is 12.9. The smallest absolute Gasteiger partial charge is 0.123 e. The zero-order valence-corrected chi connectivity index (χ0v) is 9.05. The first-order valence-electron chi connectivity index (χ1n) is 5.08. The topological polar surface area (TPSA) is 12.0 Å². The molecule has 1 N–H and O–H groups in total. The molecule has 0 heterocycles. The summed E-state index contributed by atoms with van der Waals surface area (Å²) in [6, 6.07) is 6.96. The molecule has 2 heteroatoms. The molecular formula is C12H18FN. The van der Waals surface area contributed by atoms with Gasteiger partial charge in [-0.25, -0.2) is 4.39 Å². The van der Waals surface area contributed by atoms with Gasteiger partial charge in [-0.15, -0.1) is 0 Å². The van der Waals surface area contributed by atoms with Crippen LogP contribution >= 0.6 is 0 Å². The summed E-state index contributed by atoms with van der Waals surface area (Å²) in [4.78, 5) is 0. The summed E-state index contributed by atoms with van der Waals surface area (Å²) in [7, 11) is 0. The Hall–Kier alpha value is -0.890. The van der Waals surface area contributed by atoms with Gasteiger partial charge in [0.2, 0.25) is 0 Å². The summed E-state index contributed by atoms with van der Waals surface area (Å²) in [5.41, 5.74) is 1.01. The number of nitrogens with one attached hydrogen (secondary N) is 1. The molecule has 0 amide bonds. The molecule has 1 atom stereocenters. The third kappa shape index (κ3) is 3.46. The van der Waals surface area contributed by atoms with Crippen molar-refractivity contribution in [2.45, 2.75) is 26.8 Å². The monoisotopic (exact) mass is 195 g/mol. The second-order valence-electron chi connectivity index (χ2n) is 4.08. The van der Waals surface area contributed by atoms with Crippen LogP contribution in [-0.2, 0) is 0 Å². The van der Waals surface area contributed by atoms with Gasteiger partial charge in [0, 0.05) is 6.04 Å². The van der Waals surface area contributed by atoms with Crippen molar-refractivity contribution < 1.29 is 4.39 Å². The van der Waals surface area contributed by atoms with E-state index >= 15 is 0 Å². The zero-order chi connectivity index (χ0) is 10.6. The second-order valence-corrected chi connectivity index (χ2v) is 4.08. The van der Waals surface area contributed by atoms with E-state index in [0.29, 0.717) is 5.92 Å². The molecule has 0 spiro atoms. The van der Waals surface area contributed by atoms with Gasteiger partial charge in [-0.05, 0) is 37.1 Å². The van der Waals surface area contributed by atoms with Crippen LogP contribution in [0.25, 0.3) is 0 Å². The number of rotatable bonds is 4. The lowest BCUT2D eigenvalue weighted by molar-refractivity contribution is 0.494. The normalized spacial score (nSPS) is 13.2. The van der Waals surface area contributed by atoms with Gasteiger partial charge in [0.25, 0.3) is 0 Å². The minimum Gasteiger partial charge on any atom is -0.310 e. The van der Waals surface area contributed by atoms with Crippen LogP contribution in [0.4, 0.5) is 4.39 Å². The zero-order valence-electron chi connectivity index (χ0n) is 9.05. The van der Waals surface area contributed by atoms with Crippen LogP contribution < -0.4 is 5.32 Å². The predicted octanol–water partition coefficient (Wildman–Crippen LogP) is 3.13. The molecule has 0 fully saturated rings. The van der Waals surface area contributed by atoms with Gasteiger partial charge in [-0.3, -0.25) is 0 Å². The Bertz CT molecular complexity index is 283. The van der Waals surface area contributed by atoms with Gasteiger partial charge < -0.3 is 5.32 Å². The molecule has 1 nitrogen and oxygen atoms in total. The Morgan fingerprint density at radius 1 is 1.29 bits per heavy atom. The first-order valence-corrected chi connectivity index (χ1v) is 5.08. The molecule has 0 aliphatic carbocycles. The lowest BCUT2D eigenvalue weighted by Gasteiger charge is -2.15. The molecule has 0 unspecified atom stereocenters. The molecule has 1 rings (SSSR count). The Labute approximate surface area is 85.3 Å². The number of halogens is 1. The van der Waals surface area contributed by atoms with Crippen LogP contribution in [0.1, 0.15) is 32.4 Å². The molecule has 0 saturated heterocycles. The second kappa shape index (κ2) is 5.11. The number of benzene rings is 1.